The molecule has 2 aromatic rings. The van der Waals surface area contributed by atoms with E-state index in [9.17, 15) is 8.78 Å². The lowest BCUT2D eigenvalue weighted by Crippen LogP contribution is -2.08. The van der Waals surface area contributed by atoms with Crippen LogP contribution in [0.2, 0.25) is 0 Å². The fourth-order valence-electron chi connectivity index (χ4n) is 3.91. The lowest BCUT2D eigenvalue weighted by Gasteiger charge is -2.11. The molecule has 1 aromatic heterocycles. The number of ether oxygens (including phenoxy) is 1. The number of aryl methyl sites for hydroxylation is 1. The highest BCUT2D eigenvalue weighted by molar-refractivity contribution is 5.56. The molecule has 184 valence electrons. The molecule has 1 unspecified atom stereocenters. The molecule has 0 N–H and O–H groups in total. The maximum atomic E-state index is 14.5. The summed E-state index contributed by atoms with van der Waals surface area (Å²) in [4.78, 5) is 8.81. The summed E-state index contributed by atoms with van der Waals surface area (Å²) < 4.78 is 34.0. The van der Waals surface area contributed by atoms with Crippen LogP contribution in [0.5, 0.6) is 5.75 Å². The van der Waals surface area contributed by atoms with Crippen LogP contribution in [0.4, 0.5) is 8.78 Å². The molecule has 1 atom stereocenters. The first-order valence-electron chi connectivity index (χ1n) is 13.0. The second kappa shape index (κ2) is 16.6. The van der Waals surface area contributed by atoms with Gasteiger partial charge in [-0.3, -0.25) is 0 Å². The lowest BCUT2D eigenvalue weighted by atomic mass is 10.1. The Balaban J connectivity index is 1.72. The Labute approximate surface area is 199 Å². The Bertz CT molecular complexity index is 767. The highest BCUT2D eigenvalue weighted by Gasteiger charge is 2.11. The molecule has 5 heteroatoms. The van der Waals surface area contributed by atoms with E-state index in [1.807, 2.05) is 12.4 Å². The molecule has 1 heterocycles. The summed E-state index contributed by atoms with van der Waals surface area (Å²) in [5.74, 6) is 0.176. The van der Waals surface area contributed by atoms with E-state index in [-0.39, 0.29) is 12.4 Å². The minimum absolute atomic E-state index is 0.147. The summed E-state index contributed by atoms with van der Waals surface area (Å²) in [6.07, 6.45) is 17.6. The predicted octanol–water partition coefficient (Wildman–Crippen LogP) is 8.65. The van der Waals surface area contributed by atoms with Gasteiger partial charge in [-0.25, -0.2) is 18.7 Å². The minimum Gasteiger partial charge on any atom is -0.490 e. The van der Waals surface area contributed by atoms with Crippen LogP contribution in [0.15, 0.2) is 30.6 Å². The number of benzene rings is 1. The third-order valence-electron chi connectivity index (χ3n) is 6.02. The number of unbranched alkanes of at least 4 members (excludes halogenated alkanes) is 9. The predicted molar refractivity (Wildman–Crippen MR) is 133 cm³/mol. The Morgan fingerprint density at radius 3 is 2.12 bits per heavy atom. The molecular formula is C28H42F2N2O. The van der Waals surface area contributed by atoms with Crippen LogP contribution in [0.3, 0.4) is 0 Å². The second-order valence-corrected chi connectivity index (χ2v) is 9.02. The Morgan fingerprint density at radius 1 is 0.818 bits per heavy atom. The monoisotopic (exact) mass is 460 g/mol. The molecule has 0 aliphatic carbocycles. The van der Waals surface area contributed by atoms with Gasteiger partial charge in [0.15, 0.2) is 17.4 Å². The summed E-state index contributed by atoms with van der Waals surface area (Å²) in [5, 5.41) is 0. The first-order valence-corrected chi connectivity index (χ1v) is 13.0. The highest BCUT2D eigenvalue weighted by Crippen LogP contribution is 2.24. The van der Waals surface area contributed by atoms with E-state index >= 15 is 0 Å². The number of alkyl halides is 1. The van der Waals surface area contributed by atoms with Crippen molar-refractivity contribution >= 4 is 0 Å². The molecule has 0 aliphatic heterocycles. The van der Waals surface area contributed by atoms with Crippen LogP contribution in [-0.4, -0.2) is 22.7 Å². The van der Waals surface area contributed by atoms with Gasteiger partial charge in [-0.05, 0) is 43.0 Å². The first-order chi connectivity index (χ1) is 16.1. The lowest BCUT2D eigenvalue weighted by molar-refractivity contribution is 0.217. The van der Waals surface area contributed by atoms with Crippen LogP contribution >= 0.6 is 0 Å². The summed E-state index contributed by atoms with van der Waals surface area (Å²) in [6, 6.07) is 4.72. The third-order valence-corrected chi connectivity index (χ3v) is 6.02. The zero-order valence-electron chi connectivity index (χ0n) is 20.6. The summed E-state index contributed by atoms with van der Waals surface area (Å²) in [7, 11) is 0. The van der Waals surface area contributed by atoms with E-state index in [1.165, 1.54) is 57.4 Å². The Morgan fingerprint density at radius 2 is 1.45 bits per heavy atom. The maximum absolute atomic E-state index is 14.5. The molecule has 0 radical (unpaired) electrons. The van der Waals surface area contributed by atoms with Gasteiger partial charge in [-0.15, -0.1) is 0 Å². The Kier molecular flexibility index (Phi) is 13.6. The average Bonchev–Trinajstić information content (AvgIpc) is 2.82. The number of nitrogens with zero attached hydrogens (tertiary/aromatic N) is 2. The number of aromatic nitrogens is 2. The van der Waals surface area contributed by atoms with Gasteiger partial charge in [0.25, 0.3) is 0 Å². The van der Waals surface area contributed by atoms with Gasteiger partial charge in [0.1, 0.15) is 6.17 Å². The number of hydrogen-bond acceptors (Lipinski definition) is 3. The summed E-state index contributed by atoms with van der Waals surface area (Å²) in [5.41, 5.74) is 1.72. The molecule has 0 aliphatic rings. The zero-order chi connectivity index (χ0) is 23.7. The molecular weight excluding hydrogens is 418 g/mol. The molecule has 0 bridgehead atoms. The molecule has 0 spiro atoms. The van der Waals surface area contributed by atoms with E-state index < -0.39 is 12.0 Å². The van der Waals surface area contributed by atoms with Gasteiger partial charge in [-0.2, -0.15) is 0 Å². The van der Waals surface area contributed by atoms with Crippen molar-refractivity contribution in [1.82, 2.24) is 9.97 Å². The maximum Gasteiger partial charge on any atom is 0.165 e. The second-order valence-electron chi connectivity index (χ2n) is 9.02. The largest absolute Gasteiger partial charge is 0.490 e. The van der Waals surface area contributed by atoms with Gasteiger partial charge in [0, 0.05) is 24.4 Å². The SMILES string of the molecule is CCCCCCCCC(F)CCOc1ccc(-c2ncc(CCCCCCC)cn2)cc1F. The molecule has 0 fully saturated rings. The molecule has 0 saturated heterocycles. The van der Waals surface area contributed by atoms with Crippen molar-refractivity contribution in [2.45, 2.75) is 110 Å². The van der Waals surface area contributed by atoms with Crippen LogP contribution < -0.4 is 4.74 Å². The van der Waals surface area contributed by atoms with Crippen LogP contribution in [-0.2, 0) is 6.42 Å². The normalized spacial score (nSPS) is 12.1. The van der Waals surface area contributed by atoms with Crippen molar-refractivity contribution < 1.29 is 13.5 Å². The van der Waals surface area contributed by atoms with Gasteiger partial charge < -0.3 is 4.74 Å². The molecule has 0 saturated carbocycles. The summed E-state index contributed by atoms with van der Waals surface area (Å²) >= 11 is 0. The van der Waals surface area contributed by atoms with Gasteiger partial charge in [0.2, 0.25) is 0 Å². The van der Waals surface area contributed by atoms with Crippen molar-refractivity contribution in [3.8, 4) is 17.1 Å². The molecule has 1 aromatic carbocycles. The molecule has 2 rings (SSSR count). The highest BCUT2D eigenvalue weighted by atomic mass is 19.1. The smallest absolute Gasteiger partial charge is 0.165 e. The van der Waals surface area contributed by atoms with E-state index in [2.05, 4.69) is 23.8 Å². The van der Waals surface area contributed by atoms with Gasteiger partial charge in [0.05, 0.1) is 6.61 Å². The van der Waals surface area contributed by atoms with Gasteiger partial charge in [-0.1, -0.05) is 78.1 Å². The zero-order valence-corrected chi connectivity index (χ0v) is 20.6. The third kappa shape index (κ3) is 11.1. The fraction of sp³-hybridized carbons (Fsp3) is 0.643. The van der Waals surface area contributed by atoms with Crippen LogP contribution in [0.25, 0.3) is 11.4 Å². The molecule has 3 nitrogen and oxygen atoms in total. The van der Waals surface area contributed by atoms with E-state index in [1.54, 1.807) is 12.1 Å². The topological polar surface area (TPSA) is 35.0 Å². The first kappa shape index (κ1) is 27.2. The van der Waals surface area contributed by atoms with Crippen molar-refractivity contribution in [3.05, 3.63) is 42.0 Å². The molecule has 0 amide bonds. The van der Waals surface area contributed by atoms with Crippen molar-refractivity contribution in [3.63, 3.8) is 0 Å². The number of hydrogen-bond donors (Lipinski definition) is 0. The quantitative estimate of drug-likeness (QED) is 0.209. The molecule has 33 heavy (non-hydrogen) atoms. The van der Waals surface area contributed by atoms with Crippen LogP contribution in [0, 0.1) is 5.82 Å². The fourth-order valence-corrected chi connectivity index (χ4v) is 3.91. The van der Waals surface area contributed by atoms with Crippen molar-refractivity contribution in [2.75, 3.05) is 6.61 Å². The van der Waals surface area contributed by atoms with E-state index in [0.717, 1.165) is 31.2 Å². The Hall–Kier alpha value is -2.04. The number of halogens is 2. The standard InChI is InChI=1S/C28H42F2N2O/c1-3-5-7-9-11-13-15-25(29)18-19-33-27-17-16-24(20-26(27)30)28-31-21-23(22-32-28)14-12-10-8-6-4-2/h16-17,20-22,25H,3-15,18-19H2,1-2H3. The average molecular weight is 461 g/mol. The van der Waals surface area contributed by atoms with Crippen molar-refractivity contribution in [2.24, 2.45) is 0 Å². The van der Waals surface area contributed by atoms with Crippen molar-refractivity contribution in [1.29, 1.82) is 0 Å². The van der Waals surface area contributed by atoms with E-state index in [0.29, 0.717) is 24.2 Å². The summed E-state index contributed by atoms with van der Waals surface area (Å²) in [6.45, 7) is 4.58. The minimum atomic E-state index is -0.892. The van der Waals surface area contributed by atoms with Crippen LogP contribution in [0.1, 0.15) is 103 Å². The van der Waals surface area contributed by atoms with E-state index in [4.69, 9.17) is 4.74 Å². The number of rotatable bonds is 18. The van der Waals surface area contributed by atoms with Gasteiger partial charge >= 0.3 is 0 Å².